The van der Waals surface area contributed by atoms with Crippen LogP contribution in [0.4, 0.5) is 9.59 Å². The molecule has 0 fully saturated rings. The quantitative estimate of drug-likeness (QED) is 0.239. The molecule has 0 atom stereocenters. The van der Waals surface area contributed by atoms with Gasteiger partial charge >= 0.3 is 22.7 Å². The van der Waals surface area contributed by atoms with E-state index in [1.807, 2.05) is 0 Å². The summed E-state index contributed by atoms with van der Waals surface area (Å²) < 4.78 is 31.6. The van der Waals surface area contributed by atoms with Crippen LogP contribution in [-0.4, -0.2) is 50.3 Å². The van der Waals surface area contributed by atoms with E-state index in [1.54, 1.807) is 0 Å². The van der Waals surface area contributed by atoms with Crippen LogP contribution in [-0.2, 0) is 62.5 Å². The summed E-state index contributed by atoms with van der Waals surface area (Å²) in [6.45, 7) is 0. The Morgan fingerprint density at radius 2 is 0.812 bits per heavy atom. The van der Waals surface area contributed by atoms with Crippen LogP contribution in [0.25, 0.3) is 0 Å². The molecule has 0 bridgehead atoms. The molecule has 0 aliphatic heterocycles. The van der Waals surface area contributed by atoms with Crippen LogP contribution < -0.4 is 0 Å². The molecule has 0 rings (SSSR count). The molecule has 0 unspecified atom stereocenters. The van der Waals surface area contributed by atoms with Crippen molar-refractivity contribution in [3.8, 4) is 0 Å². The molecular weight excluding hydrogens is 382 g/mol. The minimum Gasteiger partial charge on any atom is -0.450 e. The average molecular weight is 388 g/mol. The van der Waals surface area contributed by atoms with Crippen LogP contribution >= 0.6 is 0 Å². The molecule has 14 heteroatoms. The fourth-order valence-electron chi connectivity index (χ4n) is 0. The smallest absolute Gasteiger partial charge is 0.450 e. The van der Waals surface area contributed by atoms with E-state index >= 15 is 0 Å². The van der Waals surface area contributed by atoms with Crippen LogP contribution in [0, 0.1) is 0 Å². The van der Waals surface area contributed by atoms with Gasteiger partial charge < -0.3 is 20.4 Å². The predicted octanol–water partition coefficient (Wildman–Crippen LogP) is -0.215. The van der Waals surface area contributed by atoms with Gasteiger partial charge in [-0.05, 0) is 0 Å². The summed E-state index contributed by atoms with van der Waals surface area (Å²) in [7, 11) is -4.67. The van der Waals surface area contributed by atoms with Crippen LogP contribution in [0.1, 0.15) is 0 Å². The van der Waals surface area contributed by atoms with Gasteiger partial charge in [0.15, 0.2) is 0 Å². The van der Waals surface area contributed by atoms with Gasteiger partial charge in [-0.3, -0.25) is 9.11 Å². The molecule has 6 N–H and O–H groups in total. The minimum atomic E-state index is -4.67. The fraction of sp³-hybridized carbons (Fsp3) is 0. The van der Waals surface area contributed by atoms with Crippen molar-refractivity contribution in [2.75, 3.05) is 0 Å². The van der Waals surface area contributed by atoms with E-state index in [0.717, 1.165) is 0 Å². The number of hydrogen-bond donors (Lipinski definition) is 6. The second kappa shape index (κ2) is 20.4. The largest absolute Gasteiger partial charge is 0.503 e. The normalized spacial score (nSPS) is 6.62. The first-order valence-corrected chi connectivity index (χ1v) is 3.40. The van der Waals surface area contributed by atoms with Gasteiger partial charge in [-0.2, -0.15) is 8.42 Å². The molecule has 103 valence electrons. The zero-order valence-electron chi connectivity index (χ0n) is 6.84. The molecule has 0 aromatic rings. The molecule has 16 heavy (non-hydrogen) atoms. The predicted molar refractivity (Wildman–Crippen MR) is 35.5 cm³/mol. The third kappa shape index (κ3) is 43200000. The monoisotopic (exact) mass is 387 g/mol. The van der Waals surface area contributed by atoms with Crippen LogP contribution in [0.3, 0.4) is 0 Å². The fourth-order valence-corrected chi connectivity index (χ4v) is 0. The Morgan fingerprint density at radius 1 is 0.812 bits per heavy atom. The number of carboxylic acid groups (broad SMARTS) is 4. The van der Waals surface area contributed by atoms with Crippen molar-refractivity contribution in [2.24, 2.45) is 0 Å². The number of carbonyl (C=O) groups is 2. The van der Waals surface area contributed by atoms with E-state index in [9.17, 15) is 0 Å². The van der Waals surface area contributed by atoms with Crippen molar-refractivity contribution in [3.05, 3.63) is 0 Å². The minimum absolute atomic E-state index is 0. The van der Waals surface area contributed by atoms with E-state index in [2.05, 4.69) is 0 Å². The molecule has 0 heterocycles. The van der Waals surface area contributed by atoms with Gasteiger partial charge in [0.05, 0.1) is 0 Å². The molecule has 0 amide bonds. The van der Waals surface area contributed by atoms with Crippen molar-refractivity contribution in [2.45, 2.75) is 0 Å². The molecule has 10 nitrogen and oxygen atoms in total. The first-order chi connectivity index (χ1) is 5.46. The standard InChI is InChI=1S/2CH2O3.Fe.Ni.H2O4S.V/c2*2-1(3)4;;;1-5(2,3)4;/h2*(H2,2,3,4);;;(H2,1,2,3,4);. The van der Waals surface area contributed by atoms with Crippen molar-refractivity contribution >= 4 is 22.7 Å². The molecule has 1 radical (unpaired) electrons. The van der Waals surface area contributed by atoms with Crippen molar-refractivity contribution in [3.63, 3.8) is 0 Å². The Labute approximate surface area is 122 Å². The van der Waals surface area contributed by atoms with Gasteiger partial charge in [-0.15, -0.1) is 0 Å². The molecule has 0 aliphatic carbocycles. The molecule has 0 aromatic heterocycles. The third-order valence-electron chi connectivity index (χ3n) is 0. The van der Waals surface area contributed by atoms with E-state index < -0.39 is 22.7 Å². The summed E-state index contributed by atoms with van der Waals surface area (Å²) in [5.41, 5.74) is 0. The number of rotatable bonds is 0. The second-order valence-electron chi connectivity index (χ2n) is 1.01. The first-order valence-electron chi connectivity index (χ1n) is 2.00. The van der Waals surface area contributed by atoms with E-state index in [0.29, 0.717) is 0 Å². The van der Waals surface area contributed by atoms with Crippen LogP contribution in [0.2, 0.25) is 0 Å². The van der Waals surface area contributed by atoms with E-state index in [1.165, 1.54) is 0 Å². The summed E-state index contributed by atoms with van der Waals surface area (Å²) in [4.78, 5) is 17.1. The first kappa shape index (κ1) is 36.0. The maximum atomic E-state index is 8.74. The van der Waals surface area contributed by atoms with Gasteiger partial charge in [-0.1, -0.05) is 0 Å². The summed E-state index contributed by atoms with van der Waals surface area (Å²) in [5, 5.41) is 27.9. The topological polar surface area (TPSA) is 190 Å². The molecule has 0 saturated heterocycles. The van der Waals surface area contributed by atoms with Crippen LogP contribution in [0.15, 0.2) is 0 Å². The van der Waals surface area contributed by atoms with Crippen LogP contribution in [0.5, 0.6) is 0 Å². The van der Waals surface area contributed by atoms with E-state index in [4.69, 9.17) is 47.5 Å². The summed E-state index contributed by atoms with van der Waals surface area (Å²) in [6, 6.07) is 0. The second-order valence-corrected chi connectivity index (χ2v) is 1.91. The van der Waals surface area contributed by atoms with Gasteiger partial charge in [0, 0.05) is 52.1 Å². The Bertz CT molecular complexity index is 224. The molecular formula is C2H6FeNiO10SV. The van der Waals surface area contributed by atoms with Crippen molar-refractivity contribution in [1.82, 2.24) is 0 Å². The summed E-state index contributed by atoms with van der Waals surface area (Å²) >= 11 is 0. The Balaban J connectivity index is -0.0000000216. The SMILES string of the molecule is O=C(O)O.O=C(O)O.O=S(=O)(O)O.[Fe].[Ni].[V]. The molecule has 0 aromatic carbocycles. The Hall–Kier alpha value is 0.00740. The van der Waals surface area contributed by atoms with Gasteiger partial charge in [0.1, 0.15) is 0 Å². The summed E-state index contributed by atoms with van der Waals surface area (Å²) in [5.74, 6) is 0. The van der Waals surface area contributed by atoms with Crippen molar-refractivity contribution in [1.29, 1.82) is 0 Å². The van der Waals surface area contributed by atoms with Gasteiger partial charge in [0.2, 0.25) is 0 Å². The molecule has 0 aliphatic rings. The Kier molecular flexibility index (Phi) is 46.0. The Morgan fingerprint density at radius 3 is 0.812 bits per heavy atom. The number of hydrogen-bond acceptors (Lipinski definition) is 4. The van der Waals surface area contributed by atoms with Crippen molar-refractivity contribution < 1.29 is 99.7 Å². The van der Waals surface area contributed by atoms with Gasteiger partial charge in [0.25, 0.3) is 0 Å². The maximum Gasteiger partial charge on any atom is 0.503 e. The summed E-state index contributed by atoms with van der Waals surface area (Å²) in [6.07, 6.45) is -3.67. The maximum absolute atomic E-state index is 8.74. The van der Waals surface area contributed by atoms with E-state index in [-0.39, 0.29) is 52.1 Å². The van der Waals surface area contributed by atoms with Gasteiger partial charge in [-0.25, -0.2) is 9.59 Å². The molecule has 0 spiro atoms. The third-order valence-corrected chi connectivity index (χ3v) is 0. The molecule has 0 saturated carbocycles. The zero-order valence-corrected chi connectivity index (χ0v) is 11.1. The zero-order chi connectivity index (χ0) is 11.7. The average Bonchev–Trinajstić information content (AvgIpc) is 1.50.